The smallest absolute Gasteiger partial charge is 0.339 e. The van der Waals surface area contributed by atoms with Gasteiger partial charge >= 0.3 is 5.63 Å². The Labute approximate surface area is 140 Å². The average Bonchev–Trinajstić information content (AvgIpc) is 2.60. The van der Waals surface area contributed by atoms with Crippen molar-refractivity contribution in [2.24, 2.45) is 0 Å². The minimum absolute atomic E-state index is 0.274. The summed E-state index contributed by atoms with van der Waals surface area (Å²) in [4.78, 5) is 12.0. The van der Waals surface area contributed by atoms with Crippen molar-refractivity contribution in [3.05, 3.63) is 69.6 Å². The van der Waals surface area contributed by atoms with Gasteiger partial charge in [0.1, 0.15) is 23.7 Å². The van der Waals surface area contributed by atoms with E-state index >= 15 is 0 Å². The van der Waals surface area contributed by atoms with Crippen LogP contribution in [0, 0.1) is 6.92 Å². The summed E-state index contributed by atoms with van der Waals surface area (Å²) in [5.74, 6) is 1.44. The second kappa shape index (κ2) is 6.79. The van der Waals surface area contributed by atoms with Gasteiger partial charge < -0.3 is 13.9 Å². The number of hydrogen-bond donors (Lipinski definition) is 0. The van der Waals surface area contributed by atoms with E-state index in [1.54, 1.807) is 13.2 Å². The van der Waals surface area contributed by atoms with Crippen LogP contribution in [0.25, 0.3) is 11.0 Å². The number of hydrogen-bond acceptors (Lipinski definition) is 4. The zero-order chi connectivity index (χ0) is 17.1. The van der Waals surface area contributed by atoms with Gasteiger partial charge in [-0.3, -0.25) is 0 Å². The minimum Gasteiger partial charge on any atom is -0.496 e. The van der Waals surface area contributed by atoms with Crippen LogP contribution in [0.15, 0.2) is 51.7 Å². The fourth-order valence-electron chi connectivity index (χ4n) is 2.86. The molecular formula is C20H20O4. The van der Waals surface area contributed by atoms with Gasteiger partial charge in [-0.05, 0) is 37.1 Å². The summed E-state index contributed by atoms with van der Waals surface area (Å²) in [5.41, 5.74) is 2.93. The molecule has 2 aromatic carbocycles. The number of methoxy groups -OCH3 is 1. The first-order chi connectivity index (χ1) is 11.6. The van der Waals surface area contributed by atoms with Crippen molar-refractivity contribution in [2.45, 2.75) is 26.9 Å². The molecule has 3 aromatic rings. The molecule has 0 saturated carbocycles. The highest BCUT2D eigenvalue weighted by molar-refractivity contribution is 5.82. The third-order valence-corrected chi connectivity index (χ3v) is 4.20. The Morgan fingerprint density at radius 3 is 2.67 bits per heavy atom. The van der Waals surface area contributed by atoms with E-state index in [4.69, 9.17) is 13.9 Å². The van der Waals surface area contributed by atoms with E-state index in [1.165, 1.54) is 0 Å². The lowest BCUT2D eigenvalue weighted by Gasteiger charge is -2.11. The molecule has 0 atom stereocenters. The molecule has 0 amide bonds. The van der Waals surface area contributed by atoms with E-state index < -0.39 is 0 Å². The number of fused-ring (bicyclic) bond motifs is 1. The van der Waals surface area contributed by atoms with Crippen LogP contribution in [-0.2, 0) is 13.0 Å². The van der Waals surface area contributed by atoms with Gasteiger partial charge in [-0.2, -0.15) is 0 Å². The number of ether oxygens (including phenoxy) is 2. The maximum atomic E-state index is 12.0. The third kappa shape index (κ3) is 3.00. The van der Waals surface area contributed by atoms with Gasteiger partial charge in [0.15, 0.2) is 0 Å². The van der Waals surface area contributed by atoms with E-state index in [1.807, 2.05) is 50.2 Å². The van der Waals surface area contributed by atoms with Crippen LogP contribution in [0.3, 0.4) is 0 Å². The monoisotopic (exact) mass is 324 g/mol. The normalized spacial score (nSPS) is 10.8. The molecule has 0 aliphatic rings. The Morgan fingerprint density at radius 1 is 1.12 bits per heavy atom. The number of rotatable bonds is 5. The summed E-state index contributed by atoms with van der Waals surface area (Å²) in [7, 11) is 1.64. The van der Waals surface area contributed by atoms with Crippen LogP contribution < -0.4 is 15.1 Å². The van der Waals surface area contributed by atoms with E-state index in [-0.39, 0.29) is 5.63 Å². The van der Waals surface area contributed by atoms with Crippen LogP contribution in [0.5, 0.6) is 11.5 Å². The third-order valence-electron chi connectivity index (χ3n) is 4.20. The second-order valence-corrected chi connectivity index (χ2v) is 5.61. The van der Waals surface area contributed by atoms with Crippen molar-refractivity contribution in [3.8, 4) is 11.5 Å². The molecule has 0 saturated heterocycles. The van der Waals surface area contributed by atoms with Gasteiger partial charge in [-0.15, -0.1) is 0 Å². The first-order valence-corrected chi connectivity index (χ1v) is 7.95. The summed E-state index contributed by atoms with van der Waals surface area (Å²) in [6.07, 6.45) is 0.663. The van der Waals surface area contributed by atoms with Gasteiger partial charge in [0.2, 0.25) is 0 Å². The Bertz CT molecular complexity index is 925. The first kappa shape index (κ1) is 16.1. The quantitative estimate of drug-likeness (QED) is 0.658. The molecule has 24 heavy (non-hydrogen) atoms. The standard InChI is InChI=1S/C20H20O4/c1-4-16-13(2)17-10-9-15(11-19(17)24-20(16)21)23-12-14-7-5-6-8-18(14)22-3/h5-11H,4,12H2,1-3H3. The Morgan fingerprint density at radius 2 is 1.92 bits per heavy atom. The van der Waals surface area contributed by atoms with Crippen LogP contribution in [0.4, 0.5) is 0 Å². The molecular weight excluding hydrogens is 304 g/mol. The summed E-state index contributed by atoms with van der Waals surface area (Å²) >= 11 is 0. The van der Waals surface area contributed by atoms with Crippen molar-refractivity contribution in [3.63, 3.8) is 0 Å². The SMILES string of the molecule is CCc1c(C)c2ccc(OCc3ccccc3OC)cc2oc1=O. The topological polar surface area (TPSA) is 48.7 Å². The Hall–Kier alpha value is -2.75. The molecule has 1 heterocycles. The molecule has 0 radical (unpaired) electrons. The maximum Gasteiger partial charge on any atom is 0.339 e. The van der Waals surface area contributed by atoms with Gasteiger partial charge in [0.05, 0.1) is 7.11 Å². The molecule has 0 unspecified atom stereocenters. The second-order valence-electron chi connectivity index (χ2n) is 5.61. The van der Waals surface area contributed by atoms with Gasteiger partial charge in [0.25, 0.3) is 0 Å². The van der Waals surface area contributed by atoms with Crippen LogP contribution in [-0.4, -0.2) is 7.11 Å². The molecule has 0 bridgehead atoms. The molecule has 1 aromatic heterocycles. The number of benzene rings is 2. The molecule has 0 aliphatic heterocycles. The van der Waals surface area contributed by atoms with Crippen LogP contribution in [0.1, 0.15) is 23.6 Å². The lowest BCUT2D eigenvalue weighted by atomic mass is 10.0. The maximum absolute atomic E-state index is 12.0. The Balaban J connectivity index is 1.90. The zero-order valence-corrected chi connectivity index (χ0v) is 14.1. The fourth-order valence-corrected chi connectivity index (χ4v) is 2.86. The summed E-state index contributed by atoms with van der Waals surface area (Å²) in [5, 5.41) is 0.941. The average molecular weight is 324 g/mol. The van der Waals surface area contributed by atoms with E-state index in [0.29, 0.717) is 24.4 Å². The summed E-state index contributed by atoms with van der Waals surface area (Å²) in [6, 6.07) is 13.3. The van der Waals surface area contributed by atoms with Gasteiger partial charge in [-0.25, -0.2) is 4.79 Å². The zero-order valence-electron chi connectivity index (χ0n) is 14.1. The molecule has 4 nitrogen and oxygen atoms in total. The lowest BCUT2D eigenvalue weighted by Crippen LogP contribution is -2.09. The van der Waals surface area contributed by atoms with Crippen molar-refractivity contribution in [1.82, 2.24) is 0 Å². The first-order valence-electron chi connectivity index (χ1n) is 7.95. The van der Waals surface area contributed by atoms with Crippen LogP contribution in [0.2, 0.25) is 0 Å². The van der Waals surface area contributed by atoms with Crippen molar-refractivity contribution in [1.29, 1.82) is 0 Å². The molecule has 0 fully saturated rings. The molecule has 4 heteroatoms. The van der Waals surface area contributed by atoms with E-state index in [9.17, 15) is 4.79 Å². The van der Waals surface area contributed by atoms with Crippen LogP contribution >= 0.6 is 0 Å². The van der Waals surface area contributed by atoms with Crippen molar-refractivity contribution < 1.29 is 13.9 Å². The highest BCUT2D eigenvalue weighted by Crippen LogP contribution is 2.26. The fraction of sp³-hybridized carbons (Fsp3) is 0.250. The predicted octanol–water partition coefficient (Wildman–Crippen LogP) is 4.25. The minimum atomic E-state index is -0.274. The molecule has 0 aliphatic carbocycles. The van der Waals surface area contributed by atoms with E-state index in [2.05, 4.69) is 0 Å². The number of aryl methyl sites for hydroxylation is 1. The predicted molar refractivity (Wildman–Crippen MR) is 93.9 cm³/mol. The molecule has 0 spiro atoms. The lowest BCUT2D eigenvalue weighted by molar-refractivity contribution is 0.296. The summed E-state index contributed by atoms with van der Waals surface area (Å²) < 4.78 is 16.6. The molecule has 124 valence electrons. The highest BCUT2D eigenvalue weighted by Gasteiger charge is 2.11. The summed E-state index contributed by atoms with van der Waals surface area (Å²) in [6.45, 7) is 4.29. The van der Waals surface area contributed by atoms with E-state index in [0.717, 1.165) is 27.8 Å². The van der Waals surface area contributed by atoms with Crippen molar-refractivity contribution in [2.75, 3.05) is 7.11 Å². The molecule has 0 N–H and O–H groups in total. The largest absolute Gasteiger partial charge is 0.496 e. The number of para-hydroxylation sites is 1. The van der Waals surface area contributed by atoms with Gasteiger partial charge in [-0.1, -0.05) is 25.1 Å². The molecule has 3 rings (SSSR count). The highest BCUT2D eigenvalue weighted by atomic mass is 16.5. The van der Waals surface area contributed by atoms with Crippen molar-refractivity contribution >= 4 is 11.0 Å². The Kier molecular flexibility index (Phi) is 4.56. The van der Waals surface area contributed by atoms with Gasteiger partial charge in [0, 0.05) is 22.6 Å².